The smallest absolute Gasteiger partial charge is 0.134 e. The van der Waals surface area contributed by atoms with Gasteiger partial charge in [-0.05, 0) is 66.4 Å². The fraction of sp³-hybridized carbons (Fsp3) is 0.171. The maximum Gasteiger partial charge on any atom is 0.134 e. The molecular formula is C41H35FIrN2O-2. The van der Waals surface area contributed by atoms with Crippen molar-refractivity contribution < 1.29 is 28.9 Å². The van der Waals surface area contributed by atoms with Crippen LogP contribution in [0.3, 0.4) is 0 Å². The number of halogens is 1. The van der Waals surface area contributed by atoms with Crippen molar-refractivity contribution in [2.45, 2.75) is 41.0 Å². The van der Waals surface area contributed by atoms with E-state index in [2.05, 4.69) is 61.9 Å². The van der Waals surface area contributed by atoms with Crippen LogP contribution >= 0.6 is 0 Å². The zero-order valence-corrected chi connectivity index (χ0v) is 29.0. The second kappa shape index (κ2) is 13.9. The Morgan fingerprint density at radius 3 is 2.24 bits per heavy atom. The summed E-state index contributed by atoms with van der Waals surface area (Å²) in [7, 11) is 0. The van der Waals surface area contributed by atoms with Crippen molar-refractivity contribution in [3.05, 3.63) is 144 Å². The van der Waals surface area contributed by atoms with Crippen molar-refractivity contribution in [2.24, 2.45) is 5.41 Å². The van der Waals surface area contributed by atoms with Crippen molar-refractivity contribution >= 4 is 21.9 Å². The number of nitrogens with zero attached hydrogens (tertiary/aromatic N) is 2. The number of benzene rings is 4. The number of aromatic nitrogens is 2. The van der Waals surface area contributed by atoms with Gasteiger partial charge in [0, 0.05) is 37.9 Å². The first-order valence-corrected chi connectivity index (χ1v) is 15.1. The minimum absolute atomic E-state index is 0. The van der Waals surface area contributed by atoms with Gasteiger partial charge in [0.05, 0.1) is 11.1 Å². The molecule has 0 aliphatic heterocycles. The molecule has 3 nitrogen and oxygen atoms in total. The van der Waals surface area contributed by atoms with Gasteiger partial charge in [0.25, 0.3) is 0 Å². The molecule has 5 heteroatoms. The topological polar surface area (TPSA) is 38.9 Å². The van der Waals surface area contributed by atoms with E-state index in [0.717, 1.165) is 50.8 Å². The van der Waals surface area contributed by atoms with E-state index in [1.54, 1.807) is 12.3 Å². The monoisotopic (exact) mass is 783 g/mol. The van der Waals surface area contributed by atoms with E-state index in [4.69, 9.17) is 4.42 Å². The van der Waals surface area contributed by atoms with E-state index in [0.29, 0.717) is 22.1 Å². The molecule has 0 amide bonds. The molecule has 0 unspecified atom stereocenters. The molecule has 0 aliphatic carbocycles. The van der Waals surface area contributed by atoms with E-state index < -0.39 is 0 Å². The average Bonchev–Trinajstić information content (AvgIpc) is 3.41. The predicted octanol–water partition coefficient (Wildman–Crippen LogP) is 11.0. The van der Waals surface area contributed by atoms with Crippen LogP contribution in [0.25, 0.3) is 55.6 Å². The minimum Gasteiger partial charge on any atom is -0.500 e. The second-order valence-electron chi connectivity index (χ2n) is 12.6. The van der Waals surface area contributed by atoms with Gasteiger partial charge in [-0.25, -0.2) is 4.39 Å². The van der Waals surface area contributed by atoms with Gasteiger partial charge in [-0.1, -0.05) is 85.3 Å². The van der Waals surface area contributed by atoms with Gasteiger partial charge in [0.15, 0.2) is 0 Å². The number of aryl methyl sites for hydroxylation is 2. The molecule has 0 saturated carbocycles. The van der Waals surface area contributed by atoms with Crippen LogP contribution in [-0.2, 0) is 26.5 Å². The molecule has 46 heavy (non-hydrogen) atoms. The molecule has 0 spiro atoms. The maximum atomic E-state index is 14.7. The number of rotatable bonds is 4. The van der Waals surface area contributed by atoms with Crippen LogP contribution in [0.1, 0.15) is 37.5 Å². The summed E-state index contributed by atoms with van der Waals surface area (Å²) in [5.41, 5.74) is 10.2. The van der Waals surface area contributed by atoms with Crippen molar-refractivity contribution in [3.63, 3.8) is 0 Å². The third-order valence-corrected chi connectivity index (χ3v) is 7.71. The standard InChI is InChI=1S/C24H15FNO.C17H20N.Ir/c1-15-12-13-26-21(14-15)19-9-5-8-17-18-10-11-20(25)22(24(18)27-23(17)19)16-6-3-2-4-7-16;1-13-12-18-16(14-8-6-5-7-9-14)10-15(13)11-17(2,3)4;/h2-8,10-14H,1H3;5-8,10,12H,11H2,1-4H3;/q2*-1;. The number of pyridine rings is 2. The van der Waals surface area contributed by atoms with Gasteiger partial charge in [-0.3, -0.25) is 0 Å². The third kappa shape index (κ3) is 7.17. The molecule has 4 aromatic carbocycles. The van der Waals surface area contributed by atoms with Crippen LogP contribution in [0.2, 0.25) is 0 Å². The molecule has 233 valence electrons. The molecule has 1 radical (unpaired) electrons. The van der Waals surface area contributed by atoms with Gasteiger partial charge >= 0.3 is 0 Å². The number of hydrogen-bond donors (Lipinski definition) is 0. The molecular weight excluding hydrogens is 748 g/mol. The molecule has 7 aromatic rings. The van der Waals surface area contributed by atoms with Crippen LogP contribution in [-0.4, -0.2) is 9.97 Å². The zero-order chi connectivity index (χ0) is 31.6. The van der Waals surface area contributed by atoms with Crippen molar-refractivity contribution in [1.29, 1.82) is 0 Å². The summed E-state index contributed by atoms with van der Waals surface area (Å²) in [5, 5.41) is 1.81. The summed E-state index contributed by atoms with van der Waals surface area (Å²) in [6.45, 7) is 10.9. The summed E-state index contributed by atoms with van der Waals surface area (Å²) >= 11 is 0. The molecule has 3 aromatic heterocycles. The summed E-state index contributed by atoms with van der Waals surface area (Å²) in [5.74, 6) is -0.299. The Morgan fingerprint density at radius 1 is 0.761 bits per heavy atom. The first-order valence-electron chi connectivity index (χ1n) is 15.1. The van der Waals surface area contributed by atoms with Crippen LogP contribution < -0.4 is 0 Å². The predicted molar refractivity (Wildman–Crippen MR) is 182 cm³/mol. The van der Waals surface area contributed by atoms with Gasteiger partial charge in [0.1, 0.15) is 11.4 Å². The van der Waals surface area contributed by atoms with Crippen molar-refractivity contribution in [1.82, 2.24) is 9.97 Å². The fourth-order valence-corrected chi connectivity index (χ4v) is 5.55. The van der Waals surface area contributed by atoms with Crippen LogP contribution in [0, 0.1) is 37.2 Å². The van der Waals surface area contributed by atoms with E-state index >= 15 is 0 Å². The first-order chi connectivity index (χ1) is 21.7. The zero-order valence-electron chi connectivity index (χ0n) is 26.6. The normalized spacial score (nSPS) is 11.2. The quantitative estimate of drug-likeness (QED) is 0.167. The molecule has 0 fully saturated rings. The Balaban J connectivity index is 0.000000193. The Kier molecular flexibility index (Phi) is 9.96. The van der Waals surface area contributed by atoms with Crippen LogP contribution in [0.15, 0.2) is 114 Å². The van der Waals surface area contributed by atoms with Gasteiger partial charge < -0.3 is 14.4 Å². The molecule has 0 aliphatic rings. The number of furan rings is 1. The molecule has 0 bridgehead atoms. The molecule has 0 N–H and O–H groups in total. The van der Waals surface area contributed by atoms with Gasteiger partial charge in [0.2, 0.25) is 0 Å². The summed E-state index contributed by atoms with van der Waals surface area (Å²) in [4.78, 5) is 8.97. The summed E-state index contributed by atoms with van der Waals surface area (Å²) < 4.78 is 21.0. The summed E-state index contributed by atoms with van der Waals surface area (Å²) in [6.07, 6.45) is 4.81. The second-order valence-corrected chi connectivity index (χ2v) is 12.6. The first kappa shape index (κ1) is 32.9. The fourth-order valence-electron chi connectivity index (χ4n) is 5.55. The van der Waals surface area contributed by atoms with E-state index in [1.807, 2.05) is 85.9 Å². The third-order valence-electron chi connectivity index (χ3n) is 7.71. The van der Waals surface area contributed by atoms with Crippen molar-refractivity contribution in [2.75, 3.05) is 0 Å². The SMILES string of the molecule is Cc1ccnc(-c2[c-]ccc3c2oc2c(-c4ccccc4)c(F)ccc23)c1.Cc1cnc(-c2[c-]cccc2)cc1CC(C)(C)C.[Ir]. The number of hydrogen-bond acceptors (Lipinski definition) is 3. The molecule has 7 rings (SSSR count). The molecule has 3 heterocycles. The van der Waals surface area contributed by atoms with Crippen LogP contribution in [0.5, 0.6) is 0 Å². The van der Waals surface area contributed by atoms with Crippen LogP contribution in [0.4, 0.5) is 4.39 Å². The Bertz CT molecular complexity index is 2100. The average molecular weight is 783 g/mol. The Hall–Kier alpha value is -4.44. The Labute approximate surface area is 283 Å². The summed E-state index contributed by atoms with van der Waals surface area (Å²) in [6, 6.07) is 37.2. The molecule has 0 atom stereocenters. The van der Waals surface area contributed by atoms with Gasteiger partial charge in [-0.2, -0.15) is 0 Å². The maximum absolute atomic E-state index is 14.7. The van der Waals surface area contributed by atoms with Gasteiger partial charge in [-0.15, -0.1) is 54.1 Å². The van der Waals surface area contributed by atoms with E-state index in [-0.39, 0.29) is 25.9 Å². The number of fused-ring (bicyclic) bond motifs is 3. The molecule has 0 saturated heterocycles. The van der Waals surface area contributed by atoms with E-state index in [1.165, 1.54) is 17.2 Å². The minimum atomic E-state index is -0.299. The Morgan fingerprint density at radius 2 is 1.52 bits per heavy atom. The largest absolute Gasteiger partial charge is 0.500 e. The van der Waals surface area contributed by atoms with E-state index in [9.17, 15) is 4.39 Å². The van der Waals surface area contributed by atoms with Crippen molar-refractivity contribution in [3.8, 4) is 33.6 Å².